The Morgan fingerprint density at radius 1 is 1.20 bits per heavy atom. The summed E-state index contributed by atoms with van der Waals surface area (Å²) < 4.78 is 13.5. The van der Waals surface area contributed by atoms with Crippen molar-refractivity contribution >= 4 is 0 Å². The molecular formula is C20H24N2O3. The fourth-order valence-corrected chi connectivity index (χ4v) is 3.76. The van der Waals surface area contributed by atoms with Crippen molar-refractivity contribution in [2.24, 2.45) is 0 Å². The van der Waals surface area contributed by atoms with E-state index in [1.165, 1.54) is 37.7 Å². The number of ether oxygens (including phenoxy) is 2. The minimum absolute atomic E-state index is 0.119. The van der Waals surface area contributed by atoms with Crippen LogP contribution in [0.3, 0.4) is 0 Å². The summed E-state index contributed by atoms with van der Waals surface area (Å²) in [5.74, 6) is 1.57. The zero-order valence-corrected chi connectivity index (χ0v) is 14.6. The van der Waals surface area contributed by atoms with E-state index in [9.17, 15) is 4.79 Å². The van der Waals surface area contributed by atoms with Crippen LogP contribution in [0.5, 0.6) is 11.8 Å². The largest absolute Gasteiger partial charge is 0.490 e. The van der Waals surface area contributed by atoms with Gasteiger partial charge in [-0.2, -0.15) is 4.98 Å². The lowest BCUT2D eigenvalue weighted by atomic mass is 9.84. The first kappa shape index (κ1) is 16.2. The van der Waals surface area contributed by atoms with E-state index >= 15 is 0 Å². The van der Waals surface area contributed by atoms with Gasteiger partial charge in [0.15, 0.2) is 6.10 Å². The molecule has 1 aromatic heterocycles. The number of hydrogen-bond donors (Lipinski definition) is 0. The Kier molecular flexibility index (Phi) is 4.47. The molecule has 2 heterocycles. The fraction of sp³-hybridized carbons (Fsp3) is 0.500. The highest BCUT2D eigenvalue weighted by molar-refractivity contribution is 5.29. The first-order chi connectivity index (χ1) is 12.2. The molecule has 1 unspecified atom stereocenters. The average Bonchev–Trinajstić information content (AvgIpc) is 3.03. The summed E-state index contributed by atoms with van der Waals surface area (Å²) in [6, 6.07) is 8.88. The van der Waals surface area contributed by atoms with Crippen LogP contribution in [0.15, 0.2) is 35.3 Å². The third kappa shape index (κ3) is 3.55. The van der Waals surface area contributed by atoms with Gasteiger partial charge < -0.3 is 9.47 Å². The molecule has 0 saturated heterocycles. The number of aryl methyl sites for hydroxylation is 1. The van der Waals surface area contributed by atoms with Crippen LogP contribution < -0.4 is 15.0 Å². The Bertz CT molecular complexity index is 792. The lowest BCUT2D eigenvalue weighted by Gasteiger charge is -2.22. The van der Waals surface area contributed by atoms with Gasteiger partial charge in [0.05, 0.1) is 6.54 Å². The van der Waals surface area contributed by atoms with E-state index in [0.29, 0.717) is 30.6 Å². The fourth-order valence-electron chi connectivity index (χ4n) is 3.76. The van der Waals surface area contributed by atoms with Crippen LogP contribution >= 0.6 is 0 Å². The number of nitrogens with zero attached hydrogens (tertiary/aromatic N) is 2. The van der Waals surface area contributed by atoms with Crippen LogP contribution in [0.1, 0.15) is 49.1 Å². The van der Waals surface area contributed by atoms with Crippen molar-refractivity contribution in [2.75, 3.05) is 6.61 Å². The van der Waals surface area contributed by atoms with E-state index in [2.05, 4.69) is 29.2 Å². The van der Waals surface area contributed by atoms with Crippen molar-refractivity contribution in [1.29, 1.82) is 0 Å². The Labute approximate surface area is 147 Å². The van der Waals surface area contributed by atoms with Gasteiger partial charge in [-0.3, -0.25) is 9.36 Å². The summed E-state index contributed by atoms with van der Waals surface area (Å²) in [7, 11) is 0. The number of hydrogen-bond acceptors (Lipinski definition) is 4. The van der Waals surface area contributed by atoms with Crippen LogP contribution in [0, 0.1) is 6.92 Å². The molecule has 4 rings (SSSR count). The monoisotopic (exact) mass is 340 g/mol. The second-order valence-electron chi connectivity index (χ2n) is 7.12. The molecule has 1 aliphatic carbocycles. The van der Waals surface area contributed by atoms with E-state index in [-0.39, 0.29) is 11.7 Å². The number of fused-ring (bicyclic) bond motifs is 1. The van der Waals surface area contributed by atoms with E-state index in [4.69, 9.17) is 9.47 Å². The maximum Gasteiger partial charge on any atom is 0.300 e. The van der Waals surface area contributed by atoms with Gasteiger partial charge in [0.25, 0.3) is 11.6 Å². The number of aromatic nitrogens is 2. The Morgan fingerprint density at radius 3 is 2.72 bits per heavy atom. The second-order valence-corrected chi connectivity index (χ2v) is 7.12. The topological polar surface area (TPSA) is 53.4 Å². The molecule has 0 amide bonds. The molecule has 132 valence electrons. The summed E-state index contributed by atoms with van der Waals surface area (Å²) in [5.41, 5.74) is 1.83. The molecule has 1 aromatic carbocycles. The molecule has 0 N–H and O–H groups in total. The van der Waals surface area contributed by atoms with Gasteiger partial charge in [-0.15, -0.1) is 0 Å². The zero-order chi connectivity index (χ0) is 17.2. The summed E-state index contributed by atoms with van der Waals surface area (Å²) in [6.45, 7) is 2.86. The van der Waals surface area contributed by atoms with Crippen LogP contribution in [0.4, 0.5) is 0 Å². The Balaban J connectivity index is 1.34. The predicted molar refractivity (Wildman–Crippen MR) is 95.4 cm³/mol. The molecule has 5 nitrogen and oxygen atoms in total. The number of benzene rings is 1. The lowest BCUT2D eigenvalue weighted by molar-refractivity contribution is 0.143. The minimum Gasteiger partial charge on any atom is -0.490 e. The highest BCUT2D eigenvalue weighted by Gasteiger charge is 2.24. The highest BCUT2D eigenvalue weighted by Crippen LogP contribution is 2.33. The molecule has 0 radical (unpaired) electrons. The van der Waals surface area contributed by atoms with Crippen molar-refractivity contribution in [1.82, 2.24) is 9.55 Å². The first-order valence-corrected chi connectivity index (χ1v) is 9.16. The smallest absolute Gasteiger partial charge is 0.300 e. The molecule has 1 saturated carbocycles. The summed E-state index contributed by atoms with van der Waals surface area (Å²) in [6.07, 6.45) is 8.36. The molecule has 2 aromatic rings. The van der Waals surface area contributed by atoms with Gasteiger partial charge in [-0.25, -0.2) is 0 Å². The average molecular weight is 340 g/mol. The maximum absolute atomic E-state index is 11.6. The van der Waals surface area contributed by atoms with E-state index in [0.717, 1.165) is 5.75 Å². The zero-order valence-electron chi connectivity index (χ0n) is 14.6. The molecule has 25 heavy (non-hydrogen) atoms. The molecule has 0 bridgehead atoms. The highest BCUT2D eigenvalue weighted by atomic mass is 16.6. The predicted octanol–water partition coefficient (Wildman–Crippen LogP) is 3.44. The van der Waals surface area contributed by atoms with Crippen molar-refractivity contribution in [3.05, 3.63) is 51.9 Å². The normalized spacial score (nSPS) is 20.1. The molecule has 1 atom stereocenters. The van der Waals surface area contributed by atoms with Crippen molar-refractivity contribution in [2.45, 2.75) is 57.6 Å². The third-order valence-electron chi connectivity index (χ3n) is 5.19. The number of rotatable bonds is 4. The van der Waals surface area contributed by atoms with Crippen LogP contribution in [0.2, 0.25) is 0 Å². The summed E-state index contributed by atoms with van der Waals surface area (Å²) >= 11 is 0. The van der Waals surface area contributed by atoms with Crippen LogP contribution in [0.25, 0.3) is 0 Å². The van der Waals surface area contributed by atoms with Gasteiger partial charge in [0.2, 0.25) is 0 Å². The standard InChI is InChI=1S/C20H24N2O3/c1-14-11-22-12-18(25-20(22)21-19(14)23)13-24-17-9-7-16(8-10-17)15-5-3-2-4-6-15/h7-11,15,18H,2-6,12-13H2,1H3. The van der Waals surface area contributed by atoms with Gasteiger partial charge in [0.1, 0.15) is 12.4 Å². The van der Waals surface area contributed by atoms with Crippen LogP contribution in [-0.4, -0.2) is 22.3 Å². The van der Waals surface area contributed by atoms with Crippen molar-refractivity contribution in [3.8, 4) is 11.8 Å². The minimum atomic E-state index is -0.230. The molecule has 5 heteroatoms. The third-order valence-corrected chi connectivity index (χ3v) is 5.19. The van der Waals surface area contributed by atoms with Crippen LogP contribution in [-0.2, 0) is 6.54 Å². The molecule has 2 aliphatic rings. The SMILES string of the molecule is Cc1cn2c(nc1=O)OC(COc1ccc(C3CCCCC3)cc1)C2. The second kappa shape index (κ2) is 6.90. The van der Waals surface area contributed by atoms with E-state index in [1.807, 2.05) is 4.57 Å². The van der Waals surface area contributed by atoms with Gasteiger partial charge in [-0.1, -0.05) is 31.4 Å². The Morgan fingerprint density at radius 2 is 1.96 bits per heavy atom. The molecule has 1 aliphatic heterocycles. The maximum atomic E-state index is 11.6. The van der Waals surface area contributed by atoms with E-state index in [1.54, 1.807) is 13.1 Å². The van der Waals surface area contributed by atoms with Crippen molar-refractivity contribution < 1.29 is 9.47 Å². The quantitative estimate of drug-likeness (QED) is 0.855. The molecule has 0 spiro atoms. The Hall–Kier alpha value is -2.30. The summed E-state index contributed by atoms with van der Waals surface area (Å²) in [4.78, 5) is 15.5. The molecular weight excluding hydrogens is 316 g/mol. The van der Waals surface area contributed by atoms with Gasteiger partial charge in [-0.05, 0) is 43.4 Å². The first-order valence-electron chi connectivity index (χ1n) is 9.16. The van der Waals surface area contributed by atoms with Gasteiger partial charge >= 0.3 is 0 Å². The molecule has 1 fully saturated rings. The van der Waals surface area contributed by atoms with Gasteiger partial charge in [0, 0.05) is 11.8 Å². The van der Waals surface area contributed by atoms with E-state index < -0.39 is 0 Å². The van der Waals surface area contributed by atoms with Crippen molar-refractivity contribution in [3.63, 3.8) is 0 Å². The summed E-state index contributed by atoms with van der Waals surface area (Å²) in [5, 5.41) is 0. The lowest BCUT2D eigenvalue weighted by Crippen LogP contribution is -2.23.